The third-order valence-corrected chi connectivity index (χ3v) is 3.57. The van der Waals surface area contributed by atoms with Crippen LogP contribution in [0.15, 0.2) is 16.8 Å². The average Bonchev–Trinajstić information content (AvgIpc) is 2.86. The molecule has 0 atom stereocenters. The van der Waals surface area contributed by atoms with Gasteiger partial charge in [0.15, 0.2) is 0 Å². The molecule has 0 aliphatic heterocycles. The summed E-state index contributed by atoms with van der Waals surface area (Å²) in [6.45, 7) is 0.589. The molecule has 2 rings (SSSR count). The Kier molecular flexibility index (Phi) is 2.81. The first-order valence-corrected chi connectivity index (χ1v) is 5.87. The topological polar surface area (TPSA) is 48.1 Å². The maximum atomic E-state index is 5.54. The van der Waals surface area contributed by atoms with Crippen LogP contribution in [0.1, 0.15) is 4.88 Å². The van der Waals surface area contributed by atoms with E-state index in [1.54, 1.807) is 18.4 Å². The summed E-state index contributed by atoms with van der Waals surface area (Å²) in [7, 11) is 1.63. The third kappa shape index (κ3) is 1.79. The molecule has 0 spiro atoms. The Morgan fingerprint density at radius 2 is 2.29 bits per heavy atom. The lowest BCUT2D eigenvalue weighted by atomic mass is 10.2. The van der Waals surface area contributed by atoms with Crippen LogP contribution in [0.5, 0.6) is 5.19 Å². The second kappa shape index (κ2) is 4.08. The molecule has 3 nitrogen and oxygen atoms in total. The zero-order valence-corrected chi connectivity index (χ0v) is 9.32. The van der Waals surface area contributed by atoms with Crippen molar-refractivity contribution in [3.63, 3.8) is 0 Å². The molecule has 0 aliphatic rings. The molecule has 2 N–H and O–H groups in total. The van der Waals surface area contributed by atoms with Crippen LogP contribution in [0.3, 0.4) is 0 Å². The molecule has 0 saturated heterocycles. The molecule has 5 heteroatoms. The summed E-state index contributed by atoms with van der Waals surface area (Å²) in [4.78, 5) is 5.48. The quantitative estimate of drug-likeness (QED) is 0.874. The van der Waals surface area contributed by atoms with Crippen LogP contribution in [-0.2, 0) is 6.54 Å². The van der Waals surface area contributed by atoms with Crippen molar-refractivity contribution in [2.75, 3.05) is 7.11 Å². The van der Waals surface area contributed by atoms with Crippen LogP contribution in [0.4, 0.5) is 0 Å². The van der Waals surface area contributed by atoms with Crippen molar-refractivity contribution in [1.29, 1.82) is 0 Å². The van der Waals surface area contributed by atoms with E-state index < -0.39 is 0 Å². The Morgan fingerprint density at radius 3 is 2.86 bits per heavy atom. The predicted molar refractivity (Wildman–Crippen MR) is 59.9 cm³/mol. The van der Waals surface area contributed by atoms with E-state index in [9.17, 15) is 0 Å². The SMILES string of the molecule is COc1nc(-c2csc(CN)c2)cs1. The minimum Gasteiger partial charge on any atom is -0.473 e. The predicted octanol–water partition coefficient (Wildman–Crippen LogP) is 2.34. The van der Waals surface area contributed by atoms with Gasteiger partial charge in [0.1, 0.15) is 0 Å². The molecule has 2 aromatic heterocycles. The highest BCUT2D eigenvalue weighted by Gasteiger charge is 2.06. The largest absolute Gasteiger partial charge is 0.473 e. The zero-order chi connectivity index (χ0) is 9.97. The molecule has 0 saturated carbocycles. The summed E-state index contributed by atoms with van der Waals surface area (Å²) < 4.78 is 5.04. The lowest BCUT2D eigenvalue weighted by Gasteiger charge is -1.89. The number of methoxy groups -OCH3 is 1. The molecule has 0 aromatic carbocycles. The van der Waals surface area contributed by atoms with Crippen molar-refractivity contribution < 1.29 is 4.74 Å². The summed E-state index contributed by atoms with van der Waals surface area (Å²) in [5, 5.41) is 4.75. The van der Waals surface area contributed by atoms with E-state index in [-0.39, 0.29) is 0 Å². The van der Waals surface area contributed by atoms with Gasteiger partial charge in [-0.1, -0.05) is 11.3 Å². The Balaban J connectivity index is 2.29. The number of ether oxygens (including phenoxy) is 1. The number of aromatic nitrogens is 1. The van der Waals surface area contributed by atoms with Gasteiger partial charge in [-0.05, 0) is 6.07 Å². The molecule has 14 heavy (non-hydrogen) atoms. The monoisotopic (exact) mass is 226 g/mol. The van der Waals surface area contributed by atoms with E-state index >= 15 is 0 Å². The van der Waals surface area contributed by atoms with E-state index in [4.69, 9.17) is 10.5 Å². The molecular weight excluding hydrogens is 216 g/mol. The second-order valence-corrected chi connectivity index (χ2v) is 4.53. The average molecular weight is 226 g/mol. The normalized spacial score (nSPS) is 10.4. The molecule has 0 amide bonds. The van der Waals surface area contributed by atoms with Crippen molar-refractivity contribution in [1.82, 2.24) is 4.98 Å². The maximum Gasteiger partial charge on any atom is 0.273 e. The summed E-state index contributed by atoms with van der Waals surface area (Å²) in [6, 6.07) is 2.07. The Bertz CT molecular complexity index is 382. The van der Waals surface area contributed by atoms with E-state index in [2.05, 4.69) is 16.4 Å². The van der Waals surface area contributed by atoms with Crippen molar-refractivity contribution in [2.24, 2.45) is 5.73 Å². The fourth-order valence-electron chi connectivity index (χ4n) is 1.11. The molecule has 2 heterocycles. The van der Waals surface area contributed by atoms with Gasteiger partial charge in [-0.3, -0.25) is 0 Å². The number of hydrogen-bond donors (Lipinski definition) is 1. The molecule has 2 aromatic rings. The first kappa shape index (κ1) is 9.64. The Labute approximate surface area is 90.2 Å². The number of nitrogens with two attached hydrogens (primary N) is 1. The van der Waals surface area contributed by atoms with Gasteiger partial charge in [-0.15, -0.1) is 11.3 Å². The van der Waals surface area contributed by atoms with Gasteiger partial charge in [0.25, 0.3) is 5.19 Å². The minimum atomic E-state index is 0.589. The maximum absolute atomic E-state index is 5.54. The van der Waals surface area contributed by atoms with Crippen LogP contribution >= 0.6 is 22.7 Å². The Hall–Kier alpha value is -0.910. The van der Waals surface area contributed by atoms with Crippen LogP contribution in [0.2, 0.25) is 0 Å². The number of hydrogen-bond acceptors (Lipinski definition) is 5. The minimum absolute atomic E-state index is 0.589. The molecule has 0 fully saturated rings. The summed E-state index contributed by atoms with van der Waals surface area (Å²) in [5.41, 5.74) is 7.62. The molecule has 0 aliphatic carbocycles. The van der Waals surface area contributed by atoms with Gasteiger partial charge < -0.3 is 10.5 Å². The van der Waals surface area contributed by atoms with Crippen molar-refractivity contribution in [2.45, 2.75) is 6.54 Å². The third-order valence-electron chi connectivity index (χ3n) is 1.81. The zero-order valence-electron chi connectivity index (χ0n) is 7.69. The number of nitrogens with zero attached hydrogens (tertiary/aromatic N) is 1. The molecule has 74 valence electrons. The van der Waals surface area contributed by atoms with E-state index in [0.29, 0.717) is 11.7 Å². The van der Waals surface area contributed by atoms with E-state index in [1.165, 1.54) is 16.2 Å². The highest BCUT2D eigenvalue weighted by atomic mass is 32.1. The van der Waals surface area contributed by atoms with Crippen LogP contribution < -0.4 is 10.5 Å². The van der Waals surface area contributed by atoms with Crippen LogP contribution in [-0.4, -0.2) is 12.1 Å². The van der Waals surface area contributed by atoms with E-state index in [0.717, 1.165) is 11.3 Å². The molecule has 0 radical (unpaired) electrons. The van der Waals surface area contributed by atoms with Crippen LogP contribution in [0.25, 0.3) is 11.3 Å². The van der Waals surface area contributed by atoms with Crippen molar-refractivity contribution in [3.8, 4) is 16.5 Å². The Morgan fingerprint density at radius 1 is 1.43 bits per heavy atom. The first-order chi connectivity index (χ1) is 6.83. The molecule has 0 bridgehead atoms. The number of rotatable bonds is 3. The van der Waals surface area contributed by atoms with Gasteiger partial charge in [0.05, 0.1) is 12.8 Å². The van der Waals surface area contributed by atoms with Crippen molar-refractivity contribution in [3.05, 3.63) is 21.7 Å². The van der Waals surface area contributed by atoms with Gasteiger partial charge >= 0.3 is 0 Å². The van der Waals surface area contributed by atoms with Crippen LogP contribution in [0, 0.1) is 0 Å². The lowest BCUT2D eigenvalue weighted by Crippen LogP contribution is -1.91. The van der Waals surface area contributed by atoms with Gasteiger partial charge in [-0.25, -0.2) is 4.98 Å². The van der Waals surface area contributed by atoms with Crippen molar-refractivity contribution >= 4 is 22.7 Å². The molecule has 0 unspecified atom stereocenters. The highest BCUT2D eigenvalue weighted by molar-refractivity contribution is 7.12. The lowest BCUT2D eigenvalue weighted by molar-refractivity contribution is 0.412. The van der Waals surface area contributed by atoms with Gasteiger partial charge in [0, 0.05) is 27.7 Å². The van der Waals surface area contributed by atoms with Gasteiger partial charge in [0.2, 0.25) is 0 Å². The standard InChI is InChI=1S/C9H10N2OS2/c1-12-9-11-8(5-14-9)6-2-7(3-10)13-4-6/h2,4-5H,3,10H2,1H3. The van der Waals surface area contributed by atoms with Gasteiger partial charge in [-0.2, -0.15) is 0 Å². The highest BCUT2D eigenvalue weighted by Crippen LogP contribution is 2.29. The second-order valence-electron chi connectivity index (χ2n) is 2.71. The number of thiophene rings is 1. The summed E-state index contributed by atoms with van der Waals surface area (Å²) in [6.07, 6.45) is 0. The van der Waals surface area contributed by atoms with E-state index in [1.807, 2.05) is 5.38 Å². The summed E-state index contributed by atoms with van der Waals surface area (Å²) >= 11 is 3.16. The summed E-state index contributed by atoms with van der Waals surface area (Å²) in [5.74, 6) is 0. The fraction of sp³-hybridized carbons (Fsp3) is 0.222. The molecular formula is C9H10N2OS2. The smallest absolute Gasteiger partial charge is 0.273 e. The number of thiazole rings is 1. The fourth-order valence-corrected chi connectivity index (χ4v) is 2.51. The first-order valence-electron chi connectivity index (χ1n) is 4.11.